The van der Waals surface area contributed by atoms with Gasteiger partial charge in [-0.1, -0.05) is 24.3 Å². The van der Waals surface area contributed by atoms with E-state index in [4.69, 9.17) is 5.11 Å². The Bertz CT molecular complexity index is 516. The van der Waals surface area contributed by atoms with E-state index >= 15 is 0 Å². The topological polar surface area (TPSA) is 89.9 Å². The minimum Gasteiger partial charge on any atom is -0.480 e. The van der Waals surface area contributed by atoms with E-state index in [0.29, 0.717) is 13.1 Å². The van der Waals surface area contributed by atoms with Crippen LogP contribution in [-0.2, 0) is 17.8 Å². The van der Waals surface area contributed by atoms with Crippen LogP contribution in [0.4, 0.5) is 4.79 Å². The molecule has 0 radical (unpaired) electrons. The predicted molar refractivity (Wildman–Crippen MR) is 72.2 cm³/mol. The lowest BCUT2D eigenvalue weighted by atomic mass is 10.0. The third-order valence-electron chi connectivity index (χ3n) is 3.45. The molecule has 1 heterocycles. The number of aliphatic hydroxyl groups excluding tert-OH is 1. The number of urea groups is 1. The molecule has 0 aromatic heterocycles. The predicted octanol–water partition coefficient (Wildman–Crippen LogP) is 0.588. The standard InChI is InChI=1S/C14H18N2O4/c1-9(17)12(13(18)19)15-14(20)16-7-6-10-4-2-3-5-11(10)8-16/h2-5,9,12,17H,6-8H2,1H3,(H,15,20)(H,18,19). The summed E-state index contributed by atoms with van der Waals surface area (Å²) in [5.41, 5.74) is 2.28. The molecule has 0 fully saturated rings. The van der Waals surface area contributed by atoms with Gasteiger partial charge in [-0.2, -0.15) is 0 Å². The molecule has 108 valence electrons. The van der Waals surface area contributed by atoms with E-state index in [1.807, 2.05) is 24.3 Å². The van der Waals surface area contributed by atoms with Crippen molar-refractivity contribution < 1.29 is 19.8 Å². The summed E-state index contributed by atoms with van der Waals surface area (Å²) >= 11 is 0. The summed E-state index contributed by atoms with van der Waals surface area (Å²) in [6, 6.07) is 6.10. The number of carbonyl (C=O) groups excluding carboxylic acids is 1. The van der Waals surface area contributed by atoms with Gasteiger partial charge in [0.15, 0.2) is 6.04 Å². The van der Waals surface area contributed by atoms with Crippen molar-refractivity contribution in [1.82, 2.24) is 10.2 Å². The second kappa shape index (κ2) is 5.92. The van der Waals surface area contributed by atoms with Crippen molar-refractivity contribution in [3.63, 3.8) is 0 Å². The molecule has 1 aliphatic heterocycles. The number of rotatable bonds is 3. The molecular formula is C14H18N2O4. The van der Waals surface area contributed by atoms with Gasteiger partial charge in [0.1, 0.15) is 0 Å². The summed E-state index contributed by atoms with van der Waals surface area (Å²) in [7, 11) is 0. The molecule has 0 saturated heterocycles. The number of nitrogens with one attached hydrogen (secondary N) is 1. The first-order valence-corrected chi connectivity index (χ1v) is 6.52. The number of aliphatic carboxylic acids is 1. The zero-order chi connectivity index (χ0) is 14.7. The second-order valence-electron chi connectivity index (χ2n) is 4.95. The molecule has 1 aromatic carbocycles. The van der Waals surface area contributed by atoms with Crippen molar-refractivity contribution in [1.29, 1.82) is 0 Å². The Labute approximate surface area is 117 Å². The van der Waals surface area contributed by atoms with Crippen molar-refractivity contribution in [2.75, 3.05) is 6.54 Å². The molecule has 6 nitrogen and oxygen atoms in total. The van der Waals surface area contributed by atoms with Gasteiger partial charge >= 0.3 is 12.0 Å². The second-order valence-corrected chi connectivity index (χ2v) is 4.95. The smallest absolute Gasteiger partial charge is 0.328 e. The van der Waals surface area contributed by atoms with Crippen LogP contribution in [0.25, 0.3) is 0 Å². The van der Waals surface area contributed by atoms with E-state index in [2.05, 4.69) is 5.32 Å². The molecule has 3 N–H and O–H groups in total. The first-order valence-electron chi connectivity index (χ1n) is 6.52. The summed E-state index contributed by atoms with van der Waals surface area (Å²) in [6.07, 6.45) is -0.399. The average Bonchev–Trinajstić information content (AvgIpc) is 2.43. The fourth-order valence-electron chi connectivity index (χ4n) is 2.28. The van der Waals surface area contributed by atoms with Crippen LogP contribution in [0.2, 0.25) is 0 Å². The van der Waals surface area contributed by atoms with Gasteiger partial charge in [-0.3, -0.25) is 0 Å². The van der Waals surface area contributed by atoms with Crippen LogP contribution in [0.3, 0.4) is 0 Å². The Hall–Kier alpha value is -2.08. The molecule has 0 saturated carbocycles. The SMILES string of the molecule is CC(O)C(NC(=O)N1CCc2ccccc2C1)C(=O)O. The minimum absolute atomic E-state index is 0.453. The van der Waals surface area contributed by atoms with Gasteiger partial charge in [-0.25, -0.2) is 9.59 Å². The van der Waals surface area contributed by atoms with Gasteiger partial charge < -0.3 is 20.4 Å². The highest BCUT2D eigenvalue weighted by Gasteiger charge is 2.28. The van der Waals surface area contributed by atoms with E-state index < -0.39 is 24.1 Å². The molecule has 20 heavy (non-hydrogen) atoms. The molecule has 2 amide bonds. The lowest BCUT2D eigenvalue weighted by molar-refractivity contribution is -0.141. The number of carbonyl (C=O) groups is 2. The average molecular weight is 278 g/mol. The van der Waals surface area contributed by atoms with Crippen LogP contribution < -0.4 is 5.32 Å². The lowest BCUT2D eigenvalue weighted by Gasteiger charge is -2.30. The first kappa shape index (κ1) is 14.3. The molecule has 0 spiro atoms. The van der Waals surface area contributed by atoms with Crippen LogP contribution in [-0.4, -0.2) is 45.8 Å². The van der Waals surface area contributed by atoms with Gasteiger partial charge in [0.25, 0.3) is 0 Å². The number of carboxylic acid groups (broad SMARTS) is 1. The van der Waals surface area contributed by atoms with Gasteiger partial charge in [-0.15, -0.1) is 0 Å². The third kappa shape index (κ3) is 3.08. The van der Waals surface area contributed by atoms with Crippen molar-refractivity contribution in [3.8, 4) is 0 Å². The highest BCUT2D eigenvalue weighted by Crippen LogP contribution is 2.18. The maximum absolute atomic E-state index is 12.1. The summed E-state index contributed by atoms with van der Waals surface area (Å²) in [4.78, 5) is 24.6. The van der Waals surface area contributed by atoms with E-state index in [1.165, 1.54) is 12.5 Å². The van der Waals surface area contributed by atoms with Gasteiger partial charge in [0.2, 0.25) is 0 Å². The minimum atomic E-state index is -1.29. The van der Waals surface area contributed by atoms with Crippen molar-refractivity contribution >= 4 is 12.0 Å². The fraction of sp³-hybridized carbons (Fsp3) is 0.429. The van der Waals surface area contributed by atoms with E-state index in [9.17, 15) is 14.7 Å². The maximum atomic E-state index is 12.1. The van der Waals surface area contributed by atoms with Crippen molar-refractivity contribution in [3.05, 3.63) is 35.4 Å². The molecule has 2 unspecified atom stereocenters. The monoisotopic (exact) mass is 278 g/mol. The number of hydrogen-bond donors (Lipinski definition) is 3. The molecule has 2 atom stereocenters. The number of fused-ring (bicyclic) bond motifs is 1. The van der Waals surface area contributed by atoms with E-state index in [0.717, 1.165) is 12.0 Å². The number of aliphatic hydroxyl groups is 1. The zero-order valence-corrected chi connectivity index (χ0v) is 11.2. The number of amides is 2. The largest absolute Gasteiger partial charge is 0.480 e. The Morgan fingerprint density at radius 2 is 1.95 bits per heavy atom. The van der Waals surface area contributed by atoms with Crippen LogP contribution in [0, 0.1) is 0 Å². The van der Waals surface area contributed by atoms with Crippen LogP contribution in [0.5, 0.6) is 0 Å². The van der Waals surface area contributed by atoms with Crippen LogP contribution >= 0.6 is 0 Å². The Morgan fingerprint density at radius 3 is 2.55 bits per heavy atom. The van der Waals surface area contributed by atoms with Crippen LogP contribution in [0.1, 0.15) is 18.1 Å². The summed E-state index contributed by atoms with van der Waals surface area (Å²) in [5.74, 6) is -1.24. The summed E-state index contributed by atoms with van der Waals surface area (Å²) in [5, 5.41) is 20.7. The van der Waals surface area contributed by atoms with Crippen LogP contribution in [0.15, 0.2) is 24.3 Å². The van der Waals surface area contributed by atoms with Crippen molar-refractivity contribution in [2.24, 2.45) is 0 Å². The van der Waals surface area contributed by atoms with Gasteiger partial charge in [0, 0.05) is 13.1 Å². The quantitative estimate of drug-likeness (QED) is 0.754. The molecule has 6 heteroatoms. The normalized spacial score (nSPS) is 17.0. The highest BCUT2D eigenvalue weighted by atomic mass is 16.4. The Balaban J connectivity index is 2.03. The maximum Gasteiger partial charge on any atom is 0.328 e. The summed E-state index contributed by atoms with van der Waals surface area (Å²) < 4.78 is 0. The lowest BCUT2D eigenvalue weighted by Crippen LogP contribution is -2.53. The molecule has 2 rings (SSSR count). The fourth-order valence-corrected chi connectivity index (χ4v) is 2.28. The number of nitrogens with zero attached hydrogens (tertiary/aromatic N) is 1. The van der Waals surface area contributed by atoms with Gasteiger partial charge in [0.05, 0.1) is 6.10 Å². The Morgan fingerprint density at radius 1 is 1.30 bits per heavy atom. The zero-order valence-electron chi connectivity index (χ0n) is 11.2. The summed E-state index contributed by atoms with van der Waals surface area (Å²) in [6.45, 7) is 2.33. The molecule has 1 aliphatic rings. The molecule has 0 aliphatic carbocycles. The molecular weight excluding hydrogens is 260 g/mol. The number of carboxylic acids is 1. The number of benzene rings is 1. The third-order valence-corrected chi connectivity index (χ3v) is 3.45. The Kier molecular flexibility index (Phi) is 4.24. The van der Waals surface area contributed by atoms with Gasteiger partial charge in [-0.05, 0) is 24.5 Å². The number of hydrogen-bond acceptors (Lipinski definition) is 3. The molecule has 1 aromatic rings. The van der Waals surface area contributed by atoms with E-state index in [1.54, 1.807) is 4.90 Å². The highest BCUT2D eigenvalue weighted by molar-refractivity contribution is 5.83. The van der Waals surface area contributed by atoms with Crippen molar-refractivity contribution in [2.45, 2.75) is 32.0 Å². The molecule has 0 bridgehead atoms. The first-order chi connectivity index (χ1) is 9.49. The van der Waals surface area contributed by atoms with E-state index in [-0.39, 0.29) is 0 Å².